The molecule has 0 aromatic heterocycles. The number of likely N-dealkylation sites (N-methyl/N-ethyl adjacent to an activating group) is 1. The average molecular weight is 287 g/mol. The van der Waals surface area contributed by atoms with Gasteiger partial charge in [-0.2, -0.15) is 0 Å². The molecular formula is C18H19F2N. The van der Waals surface area contributed by atoms with Crippen LogP contribution in [0.1, 0.15) is 36.4 Å². The Balaban J connectivity index is 2.05. The molecule has 1 unspecified atom stereocenters. The van der Waals surface area contributed by atoms with Crippen LogP contribution in [0.25, 0.3) is 0 Å². The van der Waals surface area contributed by atoms with Gasteiger partial charge in [-0.15, -0.1) is 0 Å². The lowest BCUT2D eigenvalue weighted by Crippen LogP contribution is -2.46. The number of nitrogens with one attached hydrogen (secondary N) is 1. The van der Waals surface area contributed by atoms with Crippen LogP contribution in [-0.4, -0.2) is 7.05 Å². The maximum absolute atomic E-state index is 14.2. The van der Waals surface area contributed by atoms with Gasteiger partial charge in [0.25, 0.3) is 0 Å². The van der Waals surface area contributed by atoms with Gasteiger partial charge >= 0.3 is 0 Å². The van der Waals surface area contributed by atoms with E-state index in [0.717, 1.165) is 25.3 Å². The summed E-state index contributed by atoms with van der Waals surface area (Å²) in [5, 5.41) is 3.26. The first kappa shape index (κ1) is 14.2. The molecule has 2 aromatic carbocycles. The Morgan fingerprint density at radius 2 is 1.76 bits per heavy atom. The first-order valence-electron chi connectivity index (χ1n) is 7.35. The monoisotopic (exact) mass is 287 g/mol. The van der Waals surface area contributed by atoms with E-state index in [-0.39, 0.29) is 11.5 Å². The van der Waals surface area contributed by atoms with Crippen molar-refractivity contribution in [2.75, 3.05) is 7.05 Å². The second-order valence-electron chi connectivity index (χ2n) is 5.76. The van der Waals surface area contributed by atoms with Crippen LogP contribution >= 0.6 is 0 Å². The molecule has 3 rings (SSSR count). The molecule has 0 saturated heterocycles. The fraction of sp³-hybridized carbons (Fsp3) is 0.333. The number of rotatable bonds is 4. The molecule has 21 heavy (non-hydrogen) atoms. The molecule has 1 N–H and O–H groups in total. The van der Waals surface area contributed by atoms with Crippen LogP contribution in [0.4, 0.5) is 8.78 Å². The van der Waals surface area contributed by atoms with Crippen molar-refractivity contribution in [1.29, 1.82) is 0 Å². The maximum atomic E-state index is 14.2. The van der Waals surface area contributed by atoms with Crippen molar-refractivity contribution in [3.63, 3.8) is 0 Å². The minimum absolute atomic E-state index is 0.103. The molecule has 0 spiro atoms. The van der Waals surface area contributed by atoms with Crippen molar-refractivity contribution in [1.82, 2.24) is 5.32 Å². The van der Waals surface area contributed by atoms with E-state index in [2.05, 4.69) is 17.4 Å². The lowest BCUT2D eigenvalue weighted by Gasteiger charge is -2.48. The second kappa shape index (κ2) is 5.57. The first-order valence-corrected chi connectivity index (χ1v) is 7.35. The molecule has 2 aromatic rings. The van der Waals surface area contributed by atoms with Gasteiger partial charge in [0.05, 0.1) is 0 Å². The van der Waals surface area contributed by atoms with Crippen LogP contribution in [0, 0.1) is 11.6 Å². The molecule has 0 aliphatic heterocycles. The molecule has 0 radical (unpaired) electrons. The molecule has 1 nitrogen and oxygen atoms in total. The molecule has 0 heterocycles. The Morgan fingerprint density at radius 3 is 2.29 bits per heavy atom. The summed E-state index contributed by atoms with van der Waals surface area (Å²) in [7, 11) is 1.84. The topological polar surface area (TPSA) is 12.0 Å². The van der Waals surface area contributed by atoms with Crippen molar-refractivity contribution in [2.45, 2.75) is 30.7 Å². The Labute approximate surface area is 124 Å². The third kappa shape index (κ3) is 2.36. The predicted molar refractivity (Wildman–Crippen MR) is 80.1 cm³/mol. The Hall–Kier alpha value is -1.74. The van der Waals surface area contributed by atoms with E-state index in [9.17, 15) is 8.78 Å². The number of halogens is 2. The third-order valence-corrected chi connectivity index (χ3v) is 4.71. The van der Waals surface area contributed by atoms with Crippen molar-refractivity contribution in [3.05, 3.63) is 71.3 Å². The first-order chi connectivity index (χ1) is 10.2. The van der Waals surface area contributed by atoms with E-state index >= 15 is 0 Å². The van der Waals surface area contributed by atoms with Gasteiger partial charge in [0, 0.05) is 23.1 Å². The lowest BCUT2D eigenvalue weighted by atomic mass is 9.58. The zero-order valence-corrected chi connectivity index (χ0v) is 12.1. The van der Waals surface area contributed by atoms with E-state index in [1.807, 2.05) is 25.2 Å². The van der Waals surface area contributed by atoms with Crippen LogP contribution in [0.5, 0.6) is 0 Å². The normalized spacial score (nSPS) is 18.0. The molecule has 110 valence electrons. The SMILES string of the molecule is CNC(c1ccc(F)cc1F)C1(c2ccccc2)CCC1. The van der Waals surface area contributed by atoms with Gasteiger partial charge in [-0.3, -0.25) is 0 Å². The Kier molecular flexibility index (Phi) is 3.77. The minimum atomic E-state index is -0.534. The lowest BCUT2D eigenvalue weighted by molar-refractivity contribution is 0.172. The molecule has 0 amide bonds. The fourth-order valence-electron chi connectivity index (χ4n) is 3.54. The van der Waals surface area contributed by atoms with Gasteiger partial charge in [0.1, 0.15) is 11.6 Å². The van der Waals surface area contributed by atoms with E-state index in [1.54, 1.807) is 6.07 Å². The van der Waals surface area contributed by atoms with Crippen molar-refractivity contribution in [2.24, 2.45) is 0 Å². The fourth-order valence-corrected chi connectivity index (χ4v) is 3.54. The summed E-state index contributed by atoms with van der Waals surface area (Å²) >= 11 is 0. The summed E-state index contributed by atoms with van der Waals surface area (Å²) in [5.41, 5.74) is 1.66. The molecule has 1 atom stereocenters. The van der Waals surface area contributed by atoms with Crippen LogP contribution < -0.4 is 5.32 Å². The zero-order chi connectivity index (χ0) is 14.9. The van der Waals surface area contributed by atoms with E-state index < -0.39 is 11.6 Å². The summed E-state index contributed by atoms with van der Waals surface area (Å²) in [6, 6.07) is 13.9. The van der Waals surface area contributed by atoms with E-state index in [4.69, 9.17) is 0 Å². The van der Waals surface area contributed by atoms with Crippen LogP contribution in [0.15, 0.2) is 48.5 Å². The average Bonchev–Trinajstić information content (AvgIpc) is 2.44. The highest BCUT2D eigenvalue weighted by Gasteiger charge is 2.46. The van der Waals surface area contributed by atoms with E-state index in [1.165, 1.54) is 11.6 Å². The van der Waals surface area contributed by atoms with Gasteiger partial charge < -0.3 is 5.32 Å². The highest BCUT2D eigenvalue weighted by Crippen LogP contribution is 2.52. The van der Waals surface area contributed by atoms with Gasteiger partial charge in [0.2, 0.25) is 0 Å². The second-order valence-corrected chi connectivity index (χ2v) is 5.76. The van der Waals surface area contributed by atoms with Crippen molar-refractivity contribution < 1.29 is 8.78 Å². The van der Waals surface area contributed by atoms with Gasteiger partial charge in [0.15, 0.2) is 0 Å². The summed E-state index contributed by atoms with van der Waals surface area (Å²) < 4.78 is 27.4. The number of hydrogen-bond acceptors (Lipinski definition) is 1. The smallest absolute Gasteiger partial charge is 0.130 e. The van der Waals surface area contributed by atoms with Crippen LogP contribution in [0.3, 0.4) is 0 Å². The summed E-state index contributed by atoms with van der Waals surface area (Å²) in [4.78, 5) is 0. The Morgan fingerprint density at radius 1 is 1.05 bits per heavy atom. The molecule has 3 heteroatoms. The summed E-state index contributed by atoms with van der Waals surface area (Å²) in [5.74, 6) is -1.01. The number of hydrogen-bond donors (Lipinski definition) is 1. The van der Waals surface area contributed by atoms with Gasteiger partial charge in [-0.05, 0) is 31.5 Å². The molecule has 0 bridgehead atoms. The predicted octanol–water partition coefficient (Wildman–Crippen LogP) is 4.35. The highest BCUT2D eigenvalue weighted by atomic mass is 19.1. The molecule has 1 aliphatic carbocycles. The van der Waals surface area contributed by atoms with Gasteiger partial charge in [-0.1, -0.05) is 42.8 Å². The molecular weight excluding hydrogens is 268 g/mol. The molecule has 1 fully saturated rings. The summed E-state index contributed by atoms with van der Waals surface area (Å²) in [6.07, 6.45) is 3.16. The van der Waals surface area contributed by atoms with Crippen molar-refractivity contribution in [3.8, 4) is 0 Å². The van der Waals surface area contributed by atoms with Gasteiger partial charge in [-0.25, -0.2) is 8.78 Å². The number of benzene rings is 2. The highest BCUT2D eigenvalue weighted by molar-refractivity contribution is 5.36. The van der Waals surface area contributed by atoms with Crippen LogP contribution in [0.2, 0.25) is 0 Å². The Bertz CT molecular complexity index is 620. The van der Waals surface area contributed by atoms with E-state index in [0.29, 0.717) is 5.56 Å². The maximum Gasteiger partial charge on any atom is 0.130 e. The quantitative estimate of drug-likeness (QED) is 0.881. The molecule has 1 aliphatic rings. The standard InChI is InChI=1S/C18H19F2N/c1-21-17(15-9-8-14(19)12-16(15)20)18(10-5-11-18)13-6-3-2-4-7-13/h2-4,6-9,12,17,21H,5,10-11H2,1H3. The largest absolute Gasteiger partial charge is 0.312 e. The van der Waals surface area contributed by atoms with Crippen molar-refractivity contribution >= 4 is 0 Å². The molecule has 1 saturated carbocycles. The summed E-state index contributed by atoms with van der Waals surface area (Å²) in [6.45, 7) is 0. The minimum Gasteiger partial charge on any atom is -0.312 e. The van der Waals surface area contributed by atoms with Crippen LogP contribution in [-0.2, 0) is 5.41 Å². The third-order valence-electron chi connectivity index (χ3n) is 4.71. The zero-order valence-electron chi connectivity index (χ0n) is 12.1.